The second-order valence-electron chi connectivity index (χ2n) is 5.75. The molecular weight excluding hydrogens is 240 g/mol. The van der Waals surface area contributed by atoms with Crippen LogP contribution in [-0.4, -0.2) is 61.3 Å². The van der Waals surface area contributed by atoms with Crippen LogP contribution in [0.4, 0.5) is 5.82 Å². The molecule has 5 heteroatoms. The summed E-state index contributed by atoms with van der Waals surface area (Å²) in [4.78, 5) is 13.6. The minimum absolute atomic E-state index is 0.267. The molecule has 2 fully saturated rings. The molecule has 104 valence electrons. The highest BCUT2D eigenvalue weighted by atomic mass is 16.5. The van der Waals surface area contributed by atoms with Crippen molar-refractivity contribution in [1.29, 1.82) is 0 Å². The molecule has 1 aromatic rings. The van der Waals surface area contributed by atoms with Gasteiger partial charge in [0, 0.05) is 31.7 Å². The van der Waals surface area contributed by atoms with Crippen LogP contribution < -0.4 is 4.90 Å². The molecule has 1 atom stereocenters. The first-order valence-electron chi connectivity index (χ1n) is 7.06. The lowest BCUT2D eigenvalue weighted by molar-refractivity contribution is 0.0245. The number of nitrogens with zero attached hydrogens (tertiary/aromatic N) is 4. The molecule has 2 aliphatic rings. The van der Waals surface area contributed by atoms with Gasteiger partial charge in [-0.2, -0.15) is 0 Å². The van der Waals surface area contributed by atoms with E-state index in [9.17, 15) is 0 Å². The third kappa shape index (κ3) is 3.22. The molecule has 1 saturated carbocycles. The van der Waals surface area contributed by atoms with Gasteiger partial charge in [-0.25, -0.2) is 9.97 Å². The number of morpholine rings is 1. The van der Waals surface area contributed by atoms with Crippen LogP contribution >= 0.6 is 0 Å². The SMILES string of the molecule is CN(C)CC1CN(c2ccnc(C3CC3)n2)CCO1. The molecule has 0 bridgehead atoms. The molecule has 2 heterocycles. The largest absolute Gasteiger partial charge is 0.373 e. The van der Waals surface area contributed by atoms with Gasteiger partial charge in [0.1, 0.15) is 11.6 Å². The minimum atomic E-state index is 0.267. The second-order valence-corrected chi connectivity index (χ2v) is 5.75. The zero-order valence-corrected chi connectivity index (χ0v) is 11.7. The fourth-order valence-electron chi connectivity index (χ4n) is 2.52. The van der Waals surface area contributed by atoms with Gasteiger partial charge in [0.05, 0.1) is 12.7 Å². The lowest BCUT2D eigenvalue weighted by Gasteiger charge is -2.34. The molecule has 1 unspecified atom stereocenters. The van der Waals surface area contributed by atoms with Gasteiger partial charge in [0.15, 0.2) is 0 Å². The van der Waals surface area contributed by atoms with Crippen molar-refractivity contribution in [3.05, 3.63) is 18.1 Å². The van der Waals surface area contributed by atoms with E-state index < -0.39 is 0 Å². The normalized spacial score (nSPS) is 23.9. The Hall–Kier alpha value is -1.20. The first-order chi connectivity index (χ1) is 9.22. The Morgan fingerprint density at radius 1 is 1.42 bits per heavy atom. The van der Waals surface area contributed by atoms with Crippen LogP contribution in [0.5, 0.6) is 0 Å². The van der Waals surface area contributed by atoms with Crippen molar-refractivity contribution in [3.63, 3.8) is 0 Å². The zero-order valence-electron chi connectivity index (χ0n) is 11.7. The van der Waals surface area contributed by atoms with E-state index in [1.807, 2.05) is 12.3 Å². The van der Waals surface area contributed by atoms with E-state index in [1.165, 1.54) is 12.8 Å². The van der Waals surface area contributed by atoms with E-state index in [0.717, 1.165) is 37.9 Å². The second kappa shape index (κ2) is 5.43. The fraction of sp³-hybridized carbons (Fsp3) is 0.714. The van der Waals surface area contributed by atoms with E-state index in [0.29, 0.717) is 5.92 Å². The molecule has 0 spiro atoms. The molecule has 0 radical (unpaired) electrons. The molecule has 0 N–H and O–H groups in total. The first-order valence-corrected chi connectivity index (χ1v) is 7.06. The Morgan fingerprint density at radius 2 is 2.26 bits per heavy atom. The summed E-state index contributed by atoms with van der Waals surface area (Å²) < 4.78 is 5.80. The number of ether oxygens (including phenoxy) is 1. The molecule has 0 amide bonds. The maximum absolute atomic E-state index is 5.80. The molecule has 1 aliphatic carbocycles. The highest BCUT2D eigenvalue weighted by Gasteiger charge is 2.28. The van der Waals surface area contributed by atoms with Crippen molar-refractivity contribution < 1.29 is 4.74 Å². The monoisotopic (exact) mass is 262 g/mol. The third-order valence-electron chi connectivity index (χ3n) is 3.63. The lowest BCUT2D eigenvalue weighted by Crippen LogP contribution is -2.46. The molecule has 1 aromatic heterocycles. The summed E-state index contributed by atoms with van der Waals surface area (Å²) in [6, 6.07) is 2.02. The number of likely N-dealkylation sites (N-methyl/N-ethyl adjacent to an activating group) is 1. The highest BCUT2D eigenvalue weighted by molar-refractivity contribution is 5.38. The summed E-state index contributed by atoms with van der Waals surface area (Å²) in [5, 5.41) is 0. The predicted molar refractivity (Wildman–Crippen MR) is 74.5 cm³/mol. The van der Waals surface area contributed by atoms with Crippen LogP contribution in [0.15, 0.2) is 12.3 Å². The van der Waals surface area contributed by atoms with Crippen LogP contribution in [0, 0.1) is 0 Å². The first kappa shape index (κ1) is 12.8. The van der Waals surface area contributed by atoms with Crippen LogP contribution in [-0.2, 0) is 4.74 Å². The third-order valence-corrected chi connectivity index (χ3v) is 3.63. The maximum atomic E-state index is 5.80. The number of anilines is 1. The summed E-state index contributed by atoms with van der Waals surface area (Å²) in [6.07, 6.45) is 4.65. The molecule has 1 aliphatic heterocycles. The van der Waals surface area contributed by atoms with Gasteiger partial charge in [0.25, 0.3) is 0 Å². The summed E-state index contributed by atoms with van der Waals surface area (Å²) in [5.74, 6) is 2.69. The lowest BCUT2D eigenvalue weighted by atomic mass is 10.2. The van der Waals surface area contributed by atoms with Crippen LogP contribution in [0.25, 0.3) is 0 Å². The molecule has 1 saturated heterocycles. The Bertz CT molecular complexity index is 433. The van der Waals surface area contributed by atoms with Gasteiger partial charge in [-0.15, -0.1) is 0 Å². The van der Waals surface area contributed by atoms with Gasteiger partial charge in [-0.05, 0) is 33.0 Å². The number of hydrogen-bond donors (Lipinski definition) is 0. The Labute approximate surface area is 114 Å². The smallest absolute Gasteiger partial charge is 0.133 e. The van der Waals surface area contributed by atoms with Crippen molar-refractivity contribution >= 4 is 5.82 Å². The van der Waals surface area contributed by atoms with Crippen molar-refractivity contribution in [2.75, 3.05) is 45.2 Å². The van der Waals surface area contributed by atoms with E-state index in [4.69, 9.17) is 9.72 Å². The predicted octanol–water partition coefficient (Wildman–Crippen LogP) is 1.12. The standard InChI is InChI=1S/C14H22N4O/c1-17(2)9-12-10-18(7-8-19-12)13-5-6-15-14(16-13)11-3-4-11/h5-6,11-12H,3-4,7-10H2,1-2H3. The van der Waals surface area contributed by atoms with Crippen LogP contribution in [0.1, 0.15) is 24.6 Å². The van der Waals surface area contributed by atoms with Gasteiger partial charge < -0.3 is 14.5 Å². The van der Waals surface area contributed by atoms with Gasteiger partial charge in [-0.3, -0.25) is 0 Å². The summed E-state index contributed by atoms with van der Waals surface area (Å²) in [7, 11) is 4.16. The van der Waals surface area contributed by atoms with E-state index in [2.05, 4.69) is 28.9 Å². The number of aromatic nitrogens is 2. The molecule has 19 heavy (non-hydrogen) atoms. The highest BCUT2D eigenvalue weighted by Crippen LogP contribution is 2.38. The summed E-state index contributed by atoms with van der Waals surface area (Å²) in [6.45, 7) is 3.57. The van der Waals surface area contributed by atoms with Crippen molar-refractivity contribution in [2.24, 2.45) is 0 Å². The quantitative estimate of drug-likeness (QED) is 0.813. The van der Waals surface area contributed by atoms with Crippen molar-refractivity contribution in [2.45, 2.75) is 24.9 Å². The Kier molecular flexibility index (Phi) is 3.66. The topological polar surface area (TPSA) is 41.5 Å². The Morgan fingerprint density at radius 3 is 3.00 bits per heavy atom. The van der Waals surface area contributed by atoms with E-state index >= 15 is 0 Å². The average Bonchev–Trinajstić information content (AvgIpc) is 3.23. The number of hydrogen-bond acceptors (Lipinski definition) is 5. The molecule has 5 nitrogen and oxygen atoms in total. The average molecular weight is 262 g/mol. The maximum Gasteiger partial charge on any atom is 0.133 e. The number of rotatable bonds is 4. The molecule has 0 aromatic carbocycles. The van der Waals surface area contributed by atoms with Crippen molar-refractivity contribution in [3.8, 4) is 0 Å². The van der Waals surface area contributed by atoms with Gasteiger partial charge in [-0.1, -0.05) is 0 Å². The summed E-state index contributed by atoms with van der Waals surface area (Å²) in [5.41, 5.74) is 0. The van der Waals surface area contributed by atoms with Crippen molar-refractivity contribution in [1.82, 2.24) is 14.9 Å². The minimum Gasteiger partial charge on any atom is -0.373 e. The zero-order chi connectivity index (χ0) is 13.2. The van der Waals surface area contributed by atoms with Gasteiger partial charge >= 0.3 is 0 Å². The fourth-order valence-corrected chi connectivity index (χ4v) is 2.52. The molecular formula is C14H22N4O. The van der Waals surface area contributed by atoms with Crippen LogP contribution in [0.2, 0.25) is 0 Å². The van der Waals surface area contributed by atoms with E-state index in [1.54, 1.807) is 0 Å². The summed E-state index contributed by atoms with van der Waals surface area (Å²) >= 11 is 0. The van der Waals surface area contributed by atoms with Gasteiger partial charge in [0.2, 0.25) is 0 Å². The molecule has 3 rings (SSSR count). The Balaban J connectivity index is 1.68. The van der Waals surface area contributed by atoms with Crippen LogP contribution in [0.3, 0.4) is 0 Å². The van der Waals surface area contributed by atoms with E-state index in [-0.39, 0.29) is 6.10 Å².